The normalized spacial score (nSPS) is 56.0. The fourth-order valence-corrected chi connectivity index (χ4v) is 3.38. The van der Waals surface area contributed by atoms with Gasteiger partial charge in [0.15, 0.2) is 0 Å². The molecule has 0 N–H and O–H groups in total. The molecule has 0 amide bonds. The number of ether oxygens (including phenoxy) is 3. The van der Waals surface area contributed by atoms with Gasteiger partial charge in [0, 0.05) is 0 Å². The van der Waals surface area contributed by atoms with E-state index in [2.05, 4.69) is 0 Å². The van der Waals surface area contributed by atoms with Gasteiger partial charge in [-0.3, -0.25) is 0 Å². The minimum absolute atomic E-state index is 0.486. The maximum atomic E-state index is 5.66. The van der Waals surface area contributed by atoms with Gasteiger partial charge >= 0.3 is 0 Å². The van der Waals surface area contributed by atoms with E-state index in [1.165, 1.54) is 32.1 Å². The number of rotatable bonds is 4. The highest BCUT2D eigenvalue weighted by Gasteiger charge is 2.53. The van der Waals surface area contributed by atoms with Crippen LogP contribution in [-0.2, 0) is 14.2 Å². The third kappa shape index (κ3) is 1.81. The Morgan fingerprint density at radius 1 is 1.00 bits per heavy atom. The lowest BCUT2D eigenvalue weighted by atomic mass is 9.68. The van der Waals surface area contributed by atoms with E-state index in [1.54, 1.807) is 0 Å². The molecule has 0 aromatic carbocycles. The minimum Gasteiger partial charge on any atom is -0.373 e. The van der Waals surface area contributed by atoms with E-state index in [9.17, 15) is 0 Å². The molecule has 4 unspecified atom stereocenters. The summed E-state index contributed by atoms with van der Waals surface area (Å²) in [6.45, 7) is 1.98. The molecule has 0 spiro atoms. The first-order valence-corrected chi connectivity index (χ1v) is 6.22. The predicted molar refractivity (Wildman–Crippen MR) is 53.7 cm³/mol. The fourth-order valence-electron chi connectivity index (χ4n) is 3.38. The van der Waals surface area contributed by atoms with E-state index in [1.807, 2.05) is 0 Å². The zero-order valence-electron chi connectivity index (χ0n) is 8.98. The highest BCUT2D eigenvalue weighted by Crippen LogP contribution is 2.53. The molecule has 4 aliphatic rings. The van der Waals surface area contributed by atoms with E-state index in [-0.39, 0.29) is 0 Å². The Kier molecular flexibility index (Phi) is 1.77. The molecule has 3 saturated heterocycles. The van der Waals surface area contributed by atoms with Gasteiger partial charge in [0.2, 0.25) is 0 Å². The van der Waals surface area contributed by atoms with Crippen LogP contribution in [-0.4, -0.2) is 37.6 Å². The fraction of sp³-hybridized carbons (Fsp3) is 1.00. The lowest BCUT2D eigenvalue weighted by molar-refractivity contribution is 0.137. The van der Waals surface area contributed by atoms with Gasteiger partial charge in [0.1, 0.15) is 0 Å². The van der Waals surface area contributed by atoms with E-state index in [0.717, 1.165) is 13.2 Å². The van der Waals surface area contributed by atoms with E-state index < -0.39 is 0 Å². The van der Waals surface area contributed by atoms with Crippen LogP contribution in [0.1, 0.15) is 32.1 Å². The van der Waals surface area contributed by atoms with E-state index in [4.69, 9.17) is 14.2 Å². The van der Waals surface area contributed by atoms with Gasteiger partial charge in [-0.1, -0.05) is 0 Å². The first-order valence-electron chi connectivity index (χ1n) is 6.22. The zero-order valence-corrected chi connectivity index (χ0v) is 8.98. The van der Waals surface area contributed by atoms with Crippen LogP contribution in [0.3, 0.4) is 0 Å². The summed E-state index contributed by atoms with van der Waals surface area (Å²) in [7, 11) is 0. The molecular formula is C12H18O3. The molecule has 0 aromatic rings. The lowest BCUT2D eigenvalue weighted by Crippen LogP contribution is -2.31. The summed E-state index contributed by atoms with van der Waals surface area (Å²) in [5.74, 6) is 0. The summed E-state index contributed by atoms with van der Waals surface area (Å²) in [4.78, 5) is 0. The van der Waals surface area contributed by atoms with Gasteiger partial charge in [-0.05, 0) is 37.5 Å². The van der Waals surface area contributed by atoms with Gasteiger partial charge in [0.05, 0.1) is 37.6 Å². The van der Waals surface area contributed by atoms with Crippen LogP contribution >= 0.6 is 0 Å². The third-order valence-electron chi connectivity index (χ3n) is 4.41. The summed E-state index contributed by atoms with van der Waals surface area (Å²) in [6.07, 6.45) is 8.65. The zero-order chi connectivity index (χ0) is 9.88. The van der Waals surface area contributed by atoms with Crippen LogP contribution < -0.4 is 0 Å². The van der Waals surface area contributed by atoms with Crippen molar-refractivity contribution < 1.29 is 14.2 Å². The van der Waals surface area contributed by atoms with Crippen molar-refractivity contribution in [1.29, 1.82) is 0 Å². The molecule has 3 nitrogen and oxygen atoms in total. The van der Waals surface area contributed by atoms with Gasteiger partial charge < -0.3 is 14.2 Å². The van der Waals surface area contributed by atoms with Crippen molar-refractivity contribution in [3.8, 4) is 0 Å². The number of hydrogen-bond donors (Lipinski definition) is 0. The van der Waals surface area contributed by atoms with Crippen molar-refractivity contribution in [2.75, 3.05) is 13.2 Å². The van der Waals surface area contributed by atoms with Crippen LogP contribution in [0.5, 0.6) is 0 Å². The van der Waals surface area contributed by atoms with Crippen molar-refractivity contribution in [3.05, 3.63) is 0 Å². The van der Waals surface area contributed by atoms with Crippen molar-refractivity contribution >= 4 is 0 Å². The number of epoxide rings is 3. The van der Waals surface area contributed by atoms with Crippen LogP contribution in [0.4, 0.5) is 0 Å². The molecule has 4 atom stereocenters. The van der Waals surface area contributed by atoms with Crippen molar-refractivity contribution in [3.63, 3.8) is 0 Å². The Morgan fingerprint density at radius 2 is 1.67 bits per heavy atom. The molecule has 1 saturated carbocycles. The first kappa shape index (κ1) is 8.97. The Bertz CT molecular complexity index is 251. The van der Waals surface area contributed by atoms with Crippen molar-refractivity contribution in [2.45, 2.75) is 56.5 Å². The standard InChI is InChI=1S/C12H18O3/c1-2-12(3-8-6-13-8,4-9-7-14-9)5-11-10(1)15-11/h8-11H,1-7H2. The molecule has 1 aliphatic carbocycles. The van der Waals surface area contributed by atoms with Gasteiger partial charge in [-0.2, -0.15) is 0 Å². The molecule has 3 heterocycles. The smallest absolute Gasteiger partial charge is 0.0847 e. The Morgan fingerprint density at radius 3 is 2.20 bits per heavy atom. The number of hydrogen-bond acceptors (Lipinski definition) is 3. The molecular weight excluding hydrogens is 192 g/mol. The van der Waals surface area contributed by atoms with Gasteiger partial charge in [-0.15, -0.1) is 0 Å². The molecule has 4 fully saturated rings. The average molecular weight is 210 g/mol. The van der Waals surface area contributed by atoms with Crippen molar-refractivity contribution in [2.24, 2.45) is 5.41 Å². The first-order chi connectivity index (χ1) is 7.33. The molecule has 84 valence electrons. The van der Waals surface area contributed by atoms with Crippen LogP contribution in [0, 0.1) is 5.41 Å². The molecule has 3 heteroatoms. The van der Waals surface area contributed by atoms with E-state index >= 15 is 0 Å². The topological polar surface area (TPSA) is 37.6 Å². The van der Waals surface area contributed by atoms with Gasteiger partial charge in [0.25, 0.3) is 0 Å². The SMILES string of the molecule is C1OC1CC1(CC2CO2)CCC2OC2C1. The number of fused-ring (bicyclic) bond motifs is 1. The summed E-state index contributed by atoms with van der Waals surface area (Å²) in [6, 6.07) is 0. The summed E-state index contributed by atoms with van der Waals surface area (Å²) >= 11 is 0. The molecule has 3 aliphatic heterocycles. The summed E-state index contributed by atoms with van der Waals surface area (Å²) < 4.78 is 16.5. The Hall–Kier alpha value is -0.120. The maximum absolute atomic E-state index is 5.66. The molecule has 0 radical (unpaired) electrons. The largest absolute Gasteiger partial charge is 0.373 e. The monoisotopic (exact) mass is 210 g/mol. The highest BCUT2D eigenvalue weighted by atomic mass is 16.6. The highest BCUT2D eigenvalue weighted by molar-refractivity contribution is 5.02. The lowest BCUT2D eigenvalue weighted by Gasteiger charge is -2.35. The molecule has 4 rings (SSSR count). The second-order valence-corrected chi connectivity index (χ2v) is 5.77. The molecule has 15 heavy (non-hydrogen) atoms. The molecule has 0 aromatic heterocycles. The second-order valence-electron chi connectivity index (χ2n) is 5.77. The van der Waals surface area contributed by atoms with Gasteiger partial charge in [-0.25, -0.2) is 0 Å². The maximum Gasteiger partial charge on any atom is 0.0847 e. The quantitative estimate of drug-likeness (QED) is 0.660. The average Bonchev–Trinajstić information content (AvgIpc) is 3.05. The second kappa shape index (κ2) is 2.96. The van der Waals surface area contributed by atoms with E-state index in [0.29, 0.717) is 29.8 Å². The molecule has 0 bridgehead atoms. The summed E-state index contributed by atoms with van der Waals surface area (Å²) in [5.41, 5.74) is 0.486. The minimum atomic E-state index is 0.486. The van der Waals surface area contributed by atoms with Crippen molar-refractivity contribution in [1.82, 2.24) is 0 Å². The third-order valence-corrected chi connectivity index (χ3v) is 4.41. The van der Waals surface area contributed by atoms with Crippen LogP contribution in [0.2, 0.25) is 0 Å². The van der Waals surface area contributed by atoms with Crippen LogP contribution in [0.25, 0.3) is 0 Å². The Balaban J connectivity index is 1.48. The van der Waals surface area contributed by atoms with Crippen LogP contribution in [0.15, 0.2) is 0 Å². The Labute approximate surface area is 90.1 Å². The summed E-state index contributed by atoms with van der Waals surface area (Å²) in [5, 5.41) is 0. The predicted octanol–water partition coefficient (Wildman–Crippen LogP) is 1.50.